The number of amides is 1. The summed E-state index contributed by atoms with van der Waals surface area (Å²) in [6.45, 7) is 3.02. The average Bonchev–Trinajstić information content (AvgIpc) is 3.10. The van der Waals surface area contributed by atoms with Crippen molar-refractivity contribution in [2.75, 3.05) is 0 Å². The van der Waals surface area contributed by atoms with E-state index in [9.17, 15) is 9.18 Å². The molecule has 0 saturated carbocycles. The molecule has 0 aliphatic carbocycles. The summed E-state index contributed by atoms with van der Waals surface area (Å²) in [4.78, 5) is 12.6. The van der Waals surface area contributed by atoms with E-state index in [1.54, 1.807) is 24.4 Å². The van der Waals surface area contributed by atoms with E-state index in [1.807, 2.05) is 41.9 Å². The van der Waals surface area contributed by atoms with Crippen molar-refractivity contribution in [3.63, 3.8) is 0 Å². The van der Waals surface area contributed by atoms with Crippen molar-refractivity contribution in [3.8, 4) is 0 Å². The van der Waals surface area contributed by atoms with Gasteiger partial charge in [-0.25, -0.2) is 4.39 Å². The highest BCUT2D eigenvalue weighted by atomic mass is 19.1. The second-order valence-corrected chi connectivity index (χ2v) is 6.87. The number of benzene rings is 3. The van der Waals surface area contributed by atoms with Crippen LogP contribution in [0.3, 0.4) is 0 Å². The molecule has 3 aromatic carbocycles. The number of carbonyl (C=O) groups excluding carboxylic acids is 1. The Bertz CT molecular complexity index is 1130. The van der Waals surface area contributed by atoms with Gasteiger partial charge < -0.3 is 5.32 Å². The maximum atomic E-state index is 13.1. The number of halogens is 1. The van der Waals surface area contributed by atoms with Crippen LogP contribution in [0.2, 0.25) is 0 Å². The zero-order chi connectivity index (χ0) is 19.5. The summed E-state index contributed by atoms with van der Waals surface area (Å²) in [5.41, 5.74) is 4.63. The van der Waals surface area contributed by atoms with Crippen LogP contribution in [0.1, 0.15) is 27.0 Å². The highest BCUT2D eigenvalue weighted by molar-refractivity contribution is 5.97. The van der Waals surface area contributed by atoms with Gasteiger partial charge in [-0.05, 0) is 42.3 Å². The van der Waals surface area contributed by atoms with Gasteiger partial charge in [0, 0.05) is 17.5 Å². The maximum absolute atomic E-state index is 13.1. The van der Waals surface area contributed by atoms with E-state index in [-0.39, 0.29) is 11.7 Å². The van der Waals surface area contributed by atoms with E-state index in [1.165, 1.54) is 12.1 Å². The van der Waals surface area contributed by atoms with Crippen molar-refractivity contribution < 1.29 is 9.18 Å². The number of nitrogens with zero attached hydrogens (tertiary/aromatic N) is 2. The average molecular weight is 373 g/mol. The van der Waals surface area contributed by atoms with Crippen LogP contribution in [0.4, 0.5) is 4.39 Å². The van der Waals surface area contributed by atoms with Crippen molar-refractivity contribution in [2.24, 2.45) is 0 Å². The number of nitrogens with one attached hydrogen (secondary N) is 1. The Labute approximate surface area is 162 Å². The molecule has 0 spiro atoms. The number of aryl methyl sites for hydroxylation is 1. The zero-order valence-corrected chi connectivity index (χ0v) is 15.5. The molecule has 1 amide bonds. The first-order chi connectivity index (χ1) is 13.6. The molecule has 0 bridgehead atoms. The summed E-state index contributed by atoms with van der Waals surface area (Å²) >= 11 is 0. The van der Waals surface area contributed by atoms with Crippen LogP contribution in [0.25, 0.3) is 10.9 Å². The second kappa shape index (κ2) is 7.64. The highest BCUT2D eigenvalue weighted by Gasteiger charge is 2.10. The summed E-state index contributed by atoms with van der Waals surface area (Å²) in [7, 11) is 0. The molecule has 28 heavy (non-hydrogen) atoms. The van der Waals surface area contributed by atoms with Crippen LogP contribution < -0.4 is 5.32 Å². The van der Waals surface area contributed by atoms with E-state index < -0.39 is 0 Å². The predicted octanol–water partition coefficient (Wildman–Crippen LogP) is 4.46. The van der Waals surface area contributed by atoms with E-state index in [0.29, 0.717) is 18.7 Å². The minimum atomic E-state index is -0.262. The van der Waals surface area contributed by atoms with Gasteiger partial charge in [0.15, 0.2) is 0 Å². The van der Waals surface area contributed by atoms with Crippen LogP contribution in [0, 0.1) is 12.7 Å². The van der Waals surface area contributed by atoms with E-state index >= 15 is 0 Å². The smallest absolute Gasteiger partial charge is 0.251 e. The molecule has 1 aromatic heterocycles. The number of carbonyl (C=O) groups is 1. The van der Waals surface area contributed by atoms with Gasteiger partial charge in [-0.2, -0.15) is 5.10 Å². The lowest BCUT2D eigenvalue weighted by Gasteiger charge is -2.08. The number of hydrogen-bond acceptors (Lipinski definition) is 2. The van der Waals surface area contributed by atoms with Crippen molar-refractivity contribution in [3.05, 3.63) is 101 Å². The first-order valence-electron chi connectivity index (χ1n) is 9.12. The Balaban J connectivity index is 1.53. The predicted molar refractivity (Wildman–Crippen MR) is 108 cm³/mol. The van der Waals surface area contributed by atoms with Crippen LogP contribution in [-0.2, 0) is 13.1 Å². The molecule has 0 saturated heterocycles. The molecule has 0 atom stereocenters. The Morgan fingerprint density at radius 2 is 1.86 bits per heavy atom. The molecule has 4 nitrogen and oxygen atoms in total. The van der Waals surface area contributed by atoms with Gasteiger partial charge >= 0.3 is 0 Å². The zero-order valence-electron chi connectivity index (χ0n) is 15.5. The molecule has 4 rings (SSSR count). The molecular formula is C23H20FN3O. The molecule has 5 heteroatoms. The molecule has 0 fully saturated rings. The monoisotopic (exact) mass is 373 g/mol. The number of aromatic nitrogens is 2. The van der Waals surface area contributed by atoms with Crippen molar-refractivity contribution in [2.45, 2.75) is 20.0 Å². The quantitative estimate of drug-likeness (QED) is 0.561. The third kappa shape index (κ3) is 3.93. The van der Waals surface area contributed by atoms with Crippen LogP contribution in [0.15, 0.2) is 72.9 Å². The minimum Gasteiger partial charge on any atom is -0.348 e. The van der Waals surface area contributed by atoms with Gasteiger partial charge in [0.1, 0.15) is 5.82 Å². The SMILES string of the molecule is Cc1cccc(CNC(=O)c2ccc3cnn(Cc4ccc(F)cc4)c3c2)c1. The van der Waals surface area contributed by atoms with Crippen molar-refractivity contribution in [1.82, 2.24) is 15.1 Å². The Morgan fingerprint density at radius 3 is 2.64 bits per heavy atom. The molecule has 140 valence electrons. The first kappa shape index (κ1) is 17.9. The third-order valence-electron chi connectivity index (χ3n) is 4.69. The largest absolute Gasteiger partial charge is 0.348 e. The topological polar surface area (TPSA) is 46.9 Å². The molecule has 4 aromatic rings. The summed E-state index contributed by atoms with van der Waals surface area (Å²) < 4.78 is 14.9. The van der Waals surface area contributed by atoms with Gasteiger partial charge in [-0.3, -0.25) is 9.48 Å². The summed E-state index contributed by atoms with van der Waals surface area (Å²) in [6.07, 6.45) is 1.77. The number of hydrogen-bond donors (Lipinski definition) is 1. The fourth-order valence-corrected chi connectivity index (χ4v) is 3.21. The lowest BCUT2D eigenvalue weighted by atomic mass is 10.1. The lowest BCUT2D eigenvalue weighted by Crippen LogP contribution is -2.22. The fraction of sp³-hybridized carbons (Fsp3) is 0.130. The van der Waals surface area contributed by atoms with Gasteiger partial charge in [0.05, 0.1) is 18.3 Å². The van der Waals surface area contributed by atoms with Gasteiger partial charge in [-0.15, -0.1) is 0 Å². The van der Waals surface area contributed by atoms with Crippen LogP contribution >= 0.6 is 0 Å². The number of rotatable bonds is 5. The Kier molecular flexibility index (Phi) is 4.89. The molecule has 1 N–H and O–H groups in total. The standard InChI is InChI=1S/C23H20FN3O/c1-16-3-2-4-18(11-16)13-25-23(28)19-7-8-20-14-26-27(22(20)12-19)15-17-5-9-21(24)10-6-17/h2-12,14H,13,15H2,1H3,(H,25,28). The summed E-state index contributed by atoms with van der Waals surface area (Å²) in [6, 6.07) is 20.0. The van der Waals surface area contributed by atoms with Crippen LogP contribution in [-0.4, -0.2) is 15.7 Å². The highest BCUT2D eigenvalue weighted by Crippen LogP contribution is 2.18. The van der Waals surface area contributed by atoms with Crippen molar-refractivity contribution in [1.29, 1.82) is 0 Å². The number of fused-ring (bicyclic) bond motifs is 1. The maximum Gasteiger partial charge on any atom is 0.251 e. The summed E-state index contributed by atoms with van der Waals surface area (Å²) in [5, 5.41) is 8.33. The van der Waals surface area contributed by atoms with E-state index in [4.69, 9.17) is 0 Å². The van der Waals surface area contributed by atoms with Gasteiger partial charge in [0.25, 0.3) is 5.91 Å². The van der Waals surface area contributed by atoms with Crippen molar-refractivity contribution >= 4 is 16.8 Å². The fourth-order valence-electron chi connectivity index (χ4n) is 3.21. The first-order valence-corrected chi connectivity index (χ1v) is 9.12. The third-order valence-corrected chi connectivity index (χ3v) is 4.69. The Morgan fingerprint density at radius 1 is 1.04 bits per heavy atom. The van der Waals surface area contributed by atoms with E-state index in [2.05, 4.69) is 16.5 Å². The molecule has 0 unspecified atom stereocenters. The molecular weight excluding hydrogens is 353 g/mol. The normalized spacial score (nSPS) is 10.9. The van der Waals surface area contributed by atoms with E-state index in [0.717, 1.165) is 27.6 Å². The minimum absolute atomic E-state index is 0.127. The van der Waals surface area contributed by atoms with Gasteiger partial charge in [0.2, 0.25) is 0 Å². The van der Waals surface area contributed by atoms with Gasteiger partial charge in [-0.1, -0.05) is 48.0 Å². The molecule has 0 aliphatic rings. The lowest BCUT2D eigenvalue weighted by molar-refractivity contribution is 0.0951. The molecule has 0 radical (unpaired) electrons. The van der Waals surface area contributed by atoms with Crippen LogP contribution in [0.5, 0.6) is 0 Å². The Hall–Kier alpha value is -3.47. The molecule has 0 aliphatic heterocycles. The molecule has 1 heterocycles. The second-order valence-electron chi connectivity index (χ2n) is 6.87. The summed E-state index contributed by atoms with van der Waals surface area (Å²) in [5.74, 6) is -0.389.